The molecule has 0 spiro atoms. The minimum atomic E-state index is -0.157. The van der Waals surface area contributed by atoms with Crippen LogP contribution >= 0.6 is 54.5 Å². The van der Waals surface area contributed by atoms with E-state index in [2.05, 4.69) is 59.8 Å². The molecular formula is C15H12Br2INO2. The van der Waals surface area contributed by atoms with E-state index in [4.69, 9.17) is 4.74 Å². The van der Waals surface area contributed by atoms with Crippen molar-refractivity contribution in [3.05, 3.63) is 60.0 Å². The summed E-state index contributed by atoms with van der Waals surface area (Å²) in [7, 11) is 1.63. The molecule has 0 aliphatic carbocycles. The molecule has 0 unspecified atom stereocenters. The van der Waals surface area contributed by atoms with E-state index in [0.29, 0.717) is 12.2 Å². The molecule has 2 rings (SSSR count). The fourth-order valence-corrected chi connectivity index (χ4v) is 3.23. The van der Waals surface area contributed by atoms with Crippen molar-refractivity contribution >= 4 is 66.0 Å². The van der Waals surface area contributed by atoms with Crippen LogP contribution in [0.5, 0.6) is 0 Å². The SMILES string of the molecule is COCc1c(Br)cccc1NC(=O)c1cc(I)ccc1Br. The molecule has 0 saturated carbocycles. The Morgan fingerprint density at radius 3 is 2.71 bits per heavy atom. The molecule has 0 heterocycles. The van der Waals surface area contributed by atoms with E-state index in [9.17, 15) is 4.79 Å². The second-order valence-electron chi connectivity index (χ2n) is 4.28. The van der Waals surface area contributed by atoms with Gasteiger partial charge in [-0.3, -0.25) is 4.79 Å². The minimum absolute atomic E-state index is 0.157. The third kappa shape index (κ3) is 4.28. The molecular weight excluding hydrogens is 513 g/mol. The summed E-state index contributed by atoms with van der Waals surface area (Å²) in [4.78, 5) is 12.5. The van der Waals surface area contributed by atoms with Crippen LogP contribution in [0.25, 0.3) is 0 Å². The van der Waals surface area contributed by atoms with Crippen molar-refractivity contribution in [3.63, 3.8) is 0 Å². The molecule has 0 saturated heterocycles. The van der Waals surface area contributed by atoms with E-state index in [1.807, 2.05) is 36.4 Å². The van der Waals surface area contributed by atoms with Gasteiger partial charge >= 0.3 is 0 Å². The average Bonchev–Trinajstić information content (AvgIpc) is 2.45. The molecule has 0 fully saturated rings. The zero-order chi connectivity index (χ0) is 15.4. The first kappa shape index (κ1) is 16.9. The third-order valence-corrected chi connectivity index (χ3v) is 4.93. The quantitative estimate of drug-likeness (QED) is 0.557. The van der Waals surface area contributed by atoms with Gasteiger partial charge in [0.2, 0.25) is 0 Å². The summed E-state index contributed by atoms with van der Waals surface area (Å²) >= 11 is 9.07. The smallest absolute Gasteiger partial charge is 0.256 e. The zero-order valence-electron chi connectivity index (χ0n) is 11.1. The highest BCUT2D eigenvalue weighted by Gasteiger charge is 2.14. The van der Waals surface area contributed by atoms with E-state index < -0.39 is 0 Å². The van der Waals surface area contributed by atoms with Crippen LogP contribution in [-0.2, 0) is 11.3 Å². The van der Waals surface area contributed by atoms with E-state index in [-0.39, 0.29) is 5.91 Å². The second kappa shape index (κ2) is 7.71. The maximum atomic E-state index is 12.5. The molecule has 0 aromatic heterocycles. The number of rotatable bonds is 4. The molecule has 6 heteroatoms. The number of hydrogen-bond acceptors (Lipinski definition) is 2. The zero-order valence-corrected chi connectivity index (χ0v) is 16.5. The molecule has 3 nitrogen and oxygen atoms in total. The first-order valence-electron chi connectivity index (χ1n) is 6.05. The van der Waals surface area contributed by atoms with E-state index in [1.165, 1.54) is 0 Å². The van der Waals surface area contributed by atoms with Gasteiger partial charge in [-0.05, 0) is 68.9 Å². The van der Waals surface area contributed by atoms with Gasteiger partial charge in [-0.1, -0.05) is 22.0 Å². The van der Waals surface area contributed by atoms with Crippen LogP contribution in [0.4, 0.5) is 5.69 Å². The maximum absolute atomic E-state index is 12.5. The predicted molar refractivity (Wildman–Crippen MR) is 99.7 cm³/mol. The summed E-state index contributed by atoms with van der Waals surface area (Å²) in [6.07, 6.45) is 0. The first-order valence-corrected chi connectivity index (χ1v) is 8.72. The Balaban J connectivity index is 2.31. The van der Waals surface area contributed by atoms with Gasteiger partial charge in [-0.15, -0.1) is 0 Å². The highest BCUT2D eigenvalue weighted by atomic mass is 127. The molecule has 0 atom stereocenters. The fraction of sp³-hybridized carbons (Fsp3) is 0.133. The molecule has 110 valence electrons. The van der Waals surface area contributed by atoms with Crippen molar-refractivity contribution < 1.29 is 9.53 Å². The van der Waals surface area contributed by atoms with Crippen molar-refractivity contribution in [3.8, 4) is 0 Å². The Morgan fingerprint density at radius 2 is 2.00 bits per heavy atom. The number of hydrogen-bond donors (Lipinski definition) is 1. The standard InChI is InChI=1S/C15H12Br2INO2/c1-21-8-11-12(16)3-2-4-14(11)19-15(20)10-7-9(18)5-6-13(10)17/h2-7H,8H2,1H3,(H,19,20). The average molecular weight is 525 g/mol. The van der Waals surface area contributed by atoms with Gasteiger partial charge in [0.05, 0.1) is 12.2 Å². The van der Waals surface area contributed by atoms with Gasteiger partial charge in [-0.25, -0.2) is 0 Å². The number of ether oxygens (including phenoxy) is 1. The van der Waals surface area contributed by atoms with Crippen LogP contribution in [0.3, 0.4) is 0 Å². The lowest BCUT2D eigenvalue weighted by atomic mass is 10.1. The number of nitrogens with one attached hydrogen (secondary N) is 1. The molecule has 1 amide bonds. The normalized spacial score (nSPS) is 10.5. The number of halogens is 3. The summed E-state index contributed by atoms with van der Waals surface area (Å²) in [5, 5.41) is 2.94. The number of carbonyl (C=O) groups excluding carboxylic acids is 1. The Bertz CT molecular complexity index is 677. The van der Waals surface area contributed by atoms with Gasteiger partial charge < -0.3 is 10.1 Å². The monoisotopic (exact) mass is 523 g/mol. The van der Waals surface area contributed by atoms with Gasteiger partial charge in [0.25, 0.3) is 5.91 Å². The van der Waals surface area contributed by atoms with Gasteiger partial charge in [0.1, 0.15) is 0 Å². The number of anilines is 1. The summed E-state index contributed by atoms with van der Waals surface area (Å²) in [6, 6.07) is 11.3. The van der Waals surface area contributed by atoms with Crippen LogP contribution in [0, 0.1) is 3.57 Å². The molecule has 0 aliphatic rings. The molecule has 1 N–H and O–H groups in total. The largest absolute Gasteiger partial charge is 0.380 e. The van der Waals surface area contributed by atoms with Crippen molar-refractivity contribution in [2.75, 3.05) is 12.4 Å². The molecule has 2 aromatic carbocycles. The highest BCUT2D eigenvalue weighted by Crippen LogP contribution is 2.27. The topological polar surface area (TPSA) is 38.3 Å². The Morgan fingerprint density at radius 1 is 1.24 bits per heavy atom. The van der Waals surface area contributed by atoms with Crippen LogP contribution in [0.2, 0.25) is 0 Å². The fourth-order valence-electron chi connectivity index (χ4n) is 1.83. The first-order chi connectivity index (χ1) is 10.0. The Hall–Kier alpha value is -0.440. The molecule has 0 radical (unpaired) electrons. The van der Waals surface area contributed by atoms with Crippen molar-refractivity contribution in [1.82, 2.24) is 0 Å². The van der Waals surface area contributed by atoms with E-state index >= 15 is 0 Å². The van der Waals surface area contributed by atoms with Gasteiger partial charge in [0, 0.05) is 30.9 Å². The lowest BCUT2D eigenvalue weighted by Gasteiger charge is -2.13. The molecule has 21 heavy (non-hydrogen) atoms. The molecule has 2 aromatic rings. The Kier molecular flexibility index (Phi) is 6.21. The maximum Gasteiger partial charge on any atom is 0.256 e. The third-order valence-electron chi connectivity index (χ3n) is 2.83. The summed E-state index contributed by atoms with van der Waals surface area (Å²) in [6.45, 7) is 0.421. The van der Waals surface area contributed by atoms with Crippen LogP contribution in [0.1, 0.15) is 15.9 Å². The van der Waals surface area contributed by atoms with Crippen molar-refractivity contribution in [1.29, 1.82) is 0 Å². The molecule has 0 aliphatic heterocycles. The summed E-state index contributed by atoms with van der Waals surface area (Å²) in [5.74, 6) is -0.157. The number of methoxy groups -OCH3 is 1. The van der Waals surface area contributed by atoms with Crippen molar-refractivity contribution in [2.24, 2.45) is 0 Å². The predicted octanol–water partition coefficient (Wildman–Crippen LogP) is 5.21. The number of carbonyl (C=O) groups is 1. The number of benzene rings is 2. The van der Waals surface area contributed by atoms with E-state index in [1.54, 1.807) is 7.11 Å². The van der Waals surface area contributed by atoms with Crippen LogP contribution < -0.4 is 5.32 Å². The Labute approximate surface area is 153 Å². The second-order valence-corrected chi connectivity index (χ2v) is 7.23. The highest BCUT2D eigenvalue weighted by molar-refractivity contribution is 14.1. The van der Waals surface area contributed by atoms with Crippen LogP contribution in [0.15, 0.2) is 45.3 Å². The summed E-state index contributed by atoms with van der Waals surface area (Å²) in [5.41, 5.74) is 2.25. The lowest BCUT2D eigenvalue weighted by molar-refractivity contribution is 0.102. The van der Waals surface area contributed by atoms with Crippen molar-refractivity contribution in [2.45, 2.75) is 6.61 Å². The van der Waals surface area contributed by atoms with Gasteiger partial charge in [0.15, 0.2) is 0 Å². The van der Waals surface area contributed by atoms with Gasteiger partial charge in [-0.2, -0.15) is 0 Å². The summed E-state index contributed by atoms with van der Waals surface area (Å²) < 4.78 is 7.87. The minimum Gasteiger partial charge on any atom is -0.380 e. The number of amides is 1. The molecule has 0 bridgehead atoms. The lowest BCUT2D eigenvalue weighted by Crippen LogP contribution is -2.14. The van der Waals surface area contributed by atoms with E-state index in [0.717, 1.165) is 23.8 Å². The van der Waals surface area contributed by atoms with Crippen LogP contribution in [-0.4, -0.2) is 13.0 Å².